The number of rotatable bonds is 9. The number of thioether (sulfide) groups is 1. The van der Waals surface area contributed by atoms with Crippen molar-refractivity contribution in [3.05, 3.63) is 47.4 Å². The molecule has 0 fully saturated rings. The first-order valence-corrected chi connectivity index (χ1v) is 11.5. The van der Waals surface area contributed by atoms with Gasteiger partial charge < -0.3 is 5.11 Å². The lowest BCUT2D eigenvalue weighted by Gasteiger charge is -2.07. The summed E-state index contributed by atoms with van der Waals surface area (Å²) in [7, 11) is -2.16. The Morgan fingerprint density at radius 2 is 1.87 bits per heavy atom. The number of carboxylic acids is 1. The highest BCUT2D eigenvalue weighted by molar-refractivity contribution is 7.99. The number of nitrogens with zero attached hydrogens (tertiary/aromatic N) is 3. The number of H-pyrrole nitrogens is 1. The summed E-state index contributed by atoms with van der Waals surface area (Å²) in [5.74, 6) is -0.832. The maximum Gasteiger partial charge on any atom is 0.318 e. The predicted octanol–water partition coefficient (Wildman–Crippen LogP) is 2.66. The van der Waals surface area contributed by atoms with Crippen LogP contribution in [-0.4, -0.2) is 58.7 Å². The van der Waals surface area contributed by atoms with Crippen LogP contribution in [0.5, 0.6) is 0 Å². The molecule has 0 aliphatic carbocycles. The van der Waals surface area contributed by atoms with Crippen molar-refractivity contribution in [2.75, 3.05) is 23.8 Å². The first kappa shape index (κ1) is 22.2. The Hall–Kier alpha value is -3.45. The monoisotopic (exact) mass is 464 g/mol. The number of carbonyl (C=O) groups is 1. The number of hydrogen-bond donors (Lipinski definition) is 3. The minimum Gasteiger partial charge on any atom is -0.481 e. The lowest BCUT2D eigenvalue weighted by molar-refractivity contribution is -0.736. The van der Waals surface area contributed by atoms with Crippen LogP contribution in [-0.2, 0) is 19.7 Å². The van der Waals surface area contributed by atoms with Crippen molar-refractivity contribution in [2.45, 2.75) is 5.16 Å². The van der Waals surface area contributed by atoms with E-state index < -0.39 is 16.0 Å². The van der Waals surface area contributed by atoms with Gasteiger partial charge in [0.2, 0.25) is 15.2 Å². The van der Waals surface area contributed by atoms with Crippen LogP contribution in [0.15, 0.2) is 47.6 Å². The van der Waals surface area contributed by atoms with Crippen LogP contribution in [0, 0.1) is 4.91 Å². The fraction of sp³-hybridized carbons (Fsp3) is 0.167. The van der Waals surface area contributed by atoms with E-state index in [0.717, 1.165) is 18.0 Å². The van der Waals surface area contributed by atoms with Gasteiger partial charge in [0, 0.05) is 23.4 Å². The van der Waals surface area contributed by atoms with Gasteiger partial charge in [-0.25, -0.2) is 18.2 Å². The lowest BCUT2D eigenvalue weighted by atomic mass is 10.0. The van der Waals surface area contributed by atoms with E-state index in [1.54, 1.807) is 42.5 Å². The van der Waals surface area contributed by atoms with E-state index in [4.69, 9.17) is 9.94 Å². The van der Waals surface area contributed by atoms with Crippen LogP contribution in [0.3, 0.4) is 0 Å². The number of carboxylic acid groups (broad SMARTS) is 1. The second-order valence-electron chi connectivity index (χ2n) is 6.31. The van der Waals surface area contributed by atoms with Crippen molar-refractivity contribution >= 4 is 39.1 Å². The molecule has 1 heterocycles. The minimum atomic E-state index is -3.40. The number of anilines is 1. The van der Waals surface area contributed by atoms with Gasteiger partial charge in [0.1, 0.15) is 0 Å². The van der Waals surface area contributed by atoms with E-state index in [9.17, 15) is 18.1 Å². The molecule has 162 valence electrons. The third-order valence-corrected chi connectivity index (χ3v) is 5.32. The highest BCUT2D eigenvalue weighted by Gasteiger charge is 2.20. The van der Waals surface area contributed by atoms with Gasteiger partial charge >= 0.3 is 11.7 Å². The molecular weight excluding hydrogens is 446 g/mol. The molecule has 3 N–H and O–H groups in total. The summed E-state index contributed by atoms with van der Waals surface area (Å²) in [6.45, 7) is 0. The second-order valence-corrected chi connectivity index (χ2v) is 9.00. The van der Waals surface area contributed by atoms with Crippen LogP contribution in [0.2, 0.25) is 0 Å². The molecule has 0 aliphatic rings. The number of nitrogens with one attached hydrogen (secondary N) is 2. The van der Waals surface area contributed by atoms with Gasteiger partial charge in [-0.15, -0.1) is 5.10 Å². The first-order valence-electron chi connectivity index (χ1n) is 8.66. The zero-order valence-electron chi connectivity index (χ0n) is 16.4. The Balaban J connectivity index is 1.98. The Bertz CT molecular complexity index is 1220. The van der Waals surface area contributed by atoms with Gasteiger partial charge in [0.05, 0.1) is 16.9 Å². The topological polar surface area (TPSA) is 154 Å². The van der Waals surface area contributed by atoms with E-state index in [1.165, 1.54) is 7.11 Å². The molecule has 0 saturated heterocycles. The van der Waals surface area contributed by atoms with Crippen LogP contribution < -0.4 is 4.72 Å². The van der Waals surface area contributed by atoms with Gasteiger partial charge in [0.25, 0.3) is 4.92 Å². The van der Waals surface area contributed by atoms with E-state index in [2.05, 4.69) is 19.9 Å². The van der Waals surface area contributed by atoms with Crippen LogP contribution in [0.4, 0.5) is 11.4 Å². The fourth-order valence-electron chi connectivity index (χ4n) is 2.64. The van der Waals surface area contributed by atoms with Crippen molar-refractivity contribution in [2.24, 2.45) is 0 Å². The lowest BCUT2D eigenvalue weighted by Crippen LogP contribution is -2.09. The summed E-state index contributed by atoms with van der Waals surface area (Å²) in [4.78, 5) is 32.1. The minimum absolute atomic E-state index is 0.186. The predicted molar refractivity (Wildman–Crippen MR) is 114 cm³/mol. The highest BCUT2D eigenvalue weighted by atomic mass is 32.2. The summed E-state index contributed by atoms with van der Waals surface area (Å²) < 4.78 is 25.1. The molecule has 1 aromatic heterocycles. The van der Waals surface area contributed by atoms with E-state index >= 15 is 0 Å². The zero-order chi connectivity index (χ0) is 22.6. The first-order chi connectivity index (χ1) is 14.6. The summed E-state index contributed by atoms with van der Waals surface area (Å²) in [5, 5.41) is 15.8. The van der Waals surface area contributed by atoms with Crippen molar-refractivity contribution < 1.29 is 28.1 Å². The summed E-state index contributed by atoms with van der Waals surface area (Å²) in [6, 6.07) is 11.5. The number of aromatic amines is 1. The largest absolute Gasteiger partial charge is 0.481 e. The average Bonchev–Trinajstić information content (AvgIpc) is 3.20. The van der Waals surface area contributed by atoms with Crippen LogP contribution in [0.25, 0.3) is 22.5 Å². The molecule has 3 rings (SSSR count). The zero-order valence-corrected chi connectivity index (χ0v) is 18.0. The van der Waals surface area contributed by atoms with E-state index in [-0.39, 0.29) is 16.6 Å². The number of sulfonamides is 1. The van der Waals surface area contributed by atoms with Crippen molar-refractivity contribution in [3.8, 4) is 22.5 Å². The molecule has 0 saturated carbocycles. The Morgan fingerprint density at radius 3 is 2.48 bits per heavy atom. The molecule has 0 atom stereocenters. The second kappa shape index (κ2) is 9.14. The Morgan fingerprint density at radius 1 is 1.19 bits per heavy atom. The molecule has 2 aromatic carbocycles. The quantitative estimate of drug-likeness (QED) is 0.320. The molecule has 0 amide bonds. The standard InChI is InChI=1S/C18H17N5O6S2/c1-29-23(26)15-8-12(11-3-5-14(6-4-11)22-31(2,27)28)7-13(9-15)17-19-18(21-20-17)30-10-16(24)25/h3-9,22H,10H2,1-2H3,(H-,19,20,21,24,25)/p+1. The number of aliphatic carboxylic acids is 1. The molecule has 3 aromatic rings. The molecule has 0 aliphatic heterocycles. The summed E-state index contributed by atoms with van der Waals surface area (Å²) >= 11 is 0.960. The van der Waals surface area contributed by atoms with Gasteiger partial charge in [-0.2, -0.15) is 0 Å². The van der Waals surface area contributed by atoms with Crippen LogP contribution >= 0.6 is 11.8 Å². The van der Waals surface area contributed by atoms with Gasteiger partial charge in [-0.05, 0) is 29.3 Å². The molecule has 31 heavy (non-hydrogen) atoms. The molecule has 0 radical (unpaired) electrons. The summed E-state index contributed by atoms with van der Waals surface area (Å²) in [5.41, 5.74) is 2.49. The van der Waals surface area contributed by atoms with Crippen LogP contribution in [0.1, 0.15) is 0 Å². The van der Waals surface area contributed by atoms with Crippen molar-refractivity contribution in [1.29, 1.82) is 0 Å². The average molecular weight is 465 g/mol. The SMILES string of the molecule is CO[N+](=O)c1cc(-c2ccc(NS(C)(=O)=O)cc2)cc(-c2nc(SCC(=O)O)n[nH]2)c1. The third kappa shape index (κ3) is 6.02. The smallest absolute Gasteiger partial charge is 0.318 e. The van der Waals surface area contributed by atoms with E-state index in [0.29, 0.717) is 33.1 Å². The molecule has 0 bridgehead atoms. The molecule has 0 spiro atoms. The third-order valence-electron chi connectivity index (χ3n) is 3.88. The molecule has 13 heteroatoms. The number of aromatic nitrogens is 3. The van der Waals surface area contributed by atoms with E-state index in [1.807, 2.05) is 0 Å². The maximum atomic E-state index is 12.1. The van der Waals surface area contributed by atoms with Gasteiger partial charge in [-0.1, -0.05) is 23.9 Å². The molecule has 0 unspecified atom stereocenters. The van der Waals surface area contributed by atoms with Gasteiger partial charge in [0.15, 0.2) is 12.9 Å². The van der Waals surface area contributed by atoms with Gasteiger partial charge in [-0.3, -0.25) is 14.6 Å². The number of benzene rings is 2. The summed E-state index contributed by atoms with van der Waals surface area (Å²) in [6.07, 6.45) is 1.06. The Labute approximate surface area is 181 Å². The highest BCUT2D eigenvalue weighted by Crippen LogP contribution is 2.31. The number of hydrogen-bond acceptors (Lipinski definition) is 8. The maximum absolute atomic E-state index is 12.1. The Kier molecular flexibility index (Phi) is 6.56. The normalized spacial score (nSPS) is 11.2. The fourth-order valence-corrected chi connectivity index (χ4v) is 3.72. The molecule has 11 nitrogen and oxygen atoms in total. The van der Waals surface area contributed by atoms with Crippen molar-refractivity contribution in [3.63, 3.8) is 0 Å². The van der Waals surface area contributed by atoms with Crippen molar-refractivity contribution in [1.82, 2.24) is 15.2 Å². The molecular formula is C18H18N5O6S2+.